The highest BCUT2D eigenvalue weighted by atomic mass is 16.6. The van der Waals surface area contributed by atoms with Crippen LogP contribution in [0.2, 0.25) is 0 Å². The summed E-state index contributed by atoms with van der Waals surface area (Å²) in [6.45, 7) is 2.30. The van der Waals surface area contributed by atoms with Crippen LogP contribution in [0.3, 0.4) is 0 Å². The first-order valence-corrected chi connectivity index (χ1v) is 8.21. The van der Waals surface area contributed by atoms with E-state index < -0.39 is 31.1 Å². The Balaban J connectivity index is 1.81. The van der Waals surface area contributed by atoms with Crippen LogP contribution in [0, 0.1) is 5.92 Å². The number of aromatic nitrogens is 4. The van der Waals surface area contributed by atoms with E-state index in [4.69, 9.17) is 9.84 Å². The van der Waals surface area contributed by atoms with Gasteiger partial charge < -0.3 is 30.5 Å². The van der Waals surface area contributed by atoms with Crippen molar-refractivity contribution in [2.75, 3.05) is 25.1 Å². The van der Waals surface area contributed by atoms with Crippen molar-refractivity contribution < 1.29 is 25.2 Å². The summed E-state index contributed by atoms with van der Waals surface area (Å²) in [5, 5.41) is 41.5. The Kier molecular flexibility index (Phi) is 5.45. The number of fused-ring (bicyclic) bond motifs is 1. The molecule has 3 heterocycles. The molecule has 3 rings (SSSR count). The molecule has 2 unspecified atom stereocenters. The van der Waals surface area contributed by atoms with Crippen LogP contribution in [-0.4, -0.2) is 78.0 Å². The Morgan fingerprint density at radius 2 is 2.04 bits per heavy atom. The van der Waals surface area contributed by atoms with E-state index >= 15 is 0 Å². The zero-order chi connectivity index (χ0) is 18.0. The molecule has 0 radical (unpaired) electrons. The summed E-state index contributed by atoms with van der Waals surface area (Å²) >= 11 is 0. The fourth-order valence-corrected chi connectivity index (χ4v) is 2.81. The smallest absolute Gasteiger partial charge is 0.167 e. The van der Waals surface area contributed by atoms with E-state index in [1.54, 1.807) is 0 Å². The normalized spacial score (nSPS) is 27.7. The Labute approximate surface area is 144 Å². The zero-order valence-corrected chi connectivity index (χ0v) is 13.9. The fourth-order valence-electron chi connectivity index (χ4n) is 2.81. The van der Waals surface area contributed by atoms with Crippen molar-refractivity contribution in [2.24, 2.45) is 5.92 Å². The van der Waals surface area contributed by atoms with Gasteiger partial charge in [-0.25, -0.2) is 15.0 Å². The van der Waals surface area contributed by atoms with Gasteiger partial charge in [-0.15, -0.1) is 0 Å². The number of rotatable bonds is 7. The summed E-state index contributed by atoms with van der Waals surface area (Å²) in [6.07, 6.45) is -0.539. The molecule has 25 heavy (non-hydrogen) atoms. The monoisotopic (exact) mass is 353 g/mol. The summed E-state index contributed by atoms with van der Waals surface area (Å²) in [7, 11) is 0. The third kappa shape index (κ3) is 3.44. The van der Waals surface area contributed by atoms with Crippen molar-refractivity contribution in [3.8, 4) is 0 Å². The van der Waals surface area contributed by atoms with Gasteiger partial charge in [-0.1, -0.05) is 6.92 Å². The van der Waals surface area contributed by atoms with Crippen molar-refractivity contribution in [3.63, 3.8) is 0 Å². The van der Waals surface area contributed by atoms with Gasteiger partial charge in [0.15, 0.2) is 23.2 Å². The number of aliphatic hydroxyl groups excluding tert-OH is 4. The van der Waals surface area contributed by atoms with Gasteiger partial charge in [0.25, 0.3) is 0 Å². The molecule has 138 valence electrons. The zero-order valence-electron chi connectivity index (χ0n) is 13.9. The maximum atomic E-state index is 10.2. The number of nitrogens with zero attached hydrogens (tertiary/aromatic N) is 4. The molecule has 0 saturated carbocycles. The molecule has 0 amide bonds. The second-order valence-electron chi connectivity index (χ2n) is 6.28. The number of aliphatic hydroxyl groups is 4. The first kappa shape index (κ1) is 18.0. The Hall–Kier alpha value is -1.85. The minimum atomic E-state index is -1.20. The quantitative estimate of drug-likeness (QED) is 0.417. The summed E-state index contributed by atoms with van der Waals surface area (Å²) in [4.78, 5) is 12.7. The van der Waals surface area contributed by atoms with E-state index in [1.807, 2.05) is 6.92 Å². The summed E-state index contributed by atoms with van der Waals surface area (Å²) in [6, 6.07) is 0. The lowest BCUT2D eigenvalue weighted by molar-refractivity contribution is -0.0511. The standard InChI is InChI=1S/C15H23N5O5/c1-8(4-21)2-3-16-13-10-14(18-6-17-13)20(7-19-10)15-12(24)11(23)9(5-22)25-15/h6-9,11-12,15,21-24H,2-5H2,1H3,(H,16,17,18)/t8?,9-,11-,12-,15?/m1/s1. The van der Waals surface area contributed by atoms with Crippen molar-refractivity contribution in [1.29, 1.82) is 0 Å². The molecule has 0 aliphatic carbocycles. The molecule has 1 fully saturated rings. The average Bonchev–Trinajstić information content (AvgIpc) is 3.17. The van der Waals surface area contributed by atoms with Crippen molar-refractivity contribution >= 4 is 17.0 Å². The SMILES string of the molecule is CC(CO)CCNc1ncnc2c1ncn2C1O[C@H](CO)[C@@H](O)[C@H]1O. The van der Waals surface area contributed by atoms with Crippen LogP contribution in [0.15, 0.2) is 12.7 Å². The molecule has 10 heteroatoms. The highest BCUT2D eigenvalue weighted by molar-refractivity contribution is 5.82. The van der Waals surface area contributed by atoms with Crippen LogP contribution in [-0.2, 0) is 4.74 Å². The minimum Gasteiger partial charge on any atom is -0.396 e. The third-order valence-corrected chi connectivity index (χ3v) is 4.39. The van der Waals surface area contributed by atoms with Crippen LogP contribution in [0.4, 0.5) is 5.82 Å². The predicted molar refractivity (Wildman–Crippen MR) is 87.7 cm³/mol. The van der Waals surface area contributed by atoms with E-state index in [0.717, 1.165) is 6.42 Å². The Morgan fingerprint density at radius 3 is 2.72 bits per heavy atom. The van der Waals surface area contributed by atoms with E-state index in [2.05, 4.69) is 20.3 Å². The number of ether oxygens (including phenoxy) is 1. The summed E-state index contributed by atoms with van der Waals surface area (Å²) in [5.74, 6) is 0.724. The Bertz CT molecular complexity index is 711. The highest BCUT2D eigenvalue weighted by Gasteiger charge is 2.44. The Morgan fingerprint density at radius 1 is 1.24 bits per heavy atom. The highest BCUT2D eigenvalue weighted by Crippen LogP contribution is 2.32. The average molecular weight is 353 g/mol. The first-order chi connectivity index (χ1) is 12.1. The van der Waals surface area contributed by atoms with Gasteiger partial charge in [-0.2, -0.15) is 0 Å². The lowest BCUT2D eigenvalue weighted by Gasteiger charge is -2.16. The van der Waals surface area contributed by atoms with Gasteiger partial charge in [0.2, 0.25) is 0 Å². The van der Waals surface area contributed by atoms with Gasteiger partial charge in [0, 0.05) is 13.2 Å². The summed E-state index contributed by atoms with van der Waals surface area (Å²) in [5.41, 5.74) is 0.958. The van der Waals surface area contributed by atoms with Gasteiger partial charge in [0.05, 0.1) is 12.9 Å². The lowest BCUT2D eigenvalue weighted by atomic mass is 10.1. The molecule has 10 nitrogen and oxygen atoms in total. The largest absolute Gasteiger partial charge is 0.396 e. The van der Waals surface area contributed by atoms with E-state index in [9.17, 15) is 15.3 Å². The molecule has 1 aliphatic heterocycles. The van der Waals surface area contributed by atoms with Crippen molar-refractivity contribution in [3.05, 3.63) is 12.7 Å². The fraction of sp³-hybridized carbons (Fsp3) is 0.667. The molecular weight excluding hydrogens is 330 g/mol. The van der Waals surface area contributed by atoms with Crippen molar-refractivity contribution in [2.45, 2.75) is 37.9 Å². The molecule has 5 atom stereocenters. The molecule has 2 aromatic rings. The van der Waals surface area contributed by atoms with E-state index in [-0.39, 0.29) is 12.5 Å². The molecule has 0 bridgehead atoms. The van der Waals surface area contributed by atoms with E-state index in [1.165, 1.54) is 17.2 Å². The second-order valence-corrected chi connectivity index (χ2v) is 6.28. The van der Waals surface area contributed by atoms with Gasteiger partial charge in [-0.05, 0) is 12.3 Å². The maximum absolute atomic E-state index is 10.2. The van der Waals surface area contributed by atoms with E-state index in [0.29, 0.717) is 23.5 Å². The molecule has 1 saturated heterocycles. The summed E-state index contributed by atoms with van der Waals surface area (Å²) < 4.78 is 7.03. The number of hydrogen-bond donors (Lipinski definition) is 5. The second kappa shape index (κ2) is 7.58. The molecule has 0 spiro atoms. The van der Waals surface area contributed by atoms with Gasteiger partial charge in [0.1, 0.15) is 24.6 Å². The van der Waals surface area contributed by atoms with Crippen LogP contribution in [0.5, 0.6) is 0 Å². The van der Waals surface area contributed by atoms with Crippen molar-refractivity contribution in [1.82, 2.24) is 19.5 Å². The van der Waals surface area contributed by atoms with Crippen LogP contribution < -0.4 is 5.32 Å². The minimum absolute atomic E-state index is 0.126. The number of nitrogens with one attached hydrogen (secondary N) is 1. The number of anilines is 1. The van der Waals surface area contributed by atoms with Gasteiger partial charge in [-0.3, -0.25) is 4.57 Å². The third-order valence-electron chi connectivity index (χ3n) is 4.39. The molecule has 1 aliphatic rings. The maximum Gasteiger partial charge on any atom is 0.167 e. The van der Waals surface area contributed by atoms with Gasteiger partial charge >= 0.3 is 0 Å². The van der Waals surface area contributed by atoms with Crippen LogP contribution in [0.1, 0.15) is 19.6 Å². The topological polar surface area (TPSA) is 146 Å². The molecule has 5 N–H and O–H groups in total. The molecular formula is C15H23N5O5. The number of hydrogen-bond acceptors (Lipinski definition) is 9. The van der Waals surface area contributed by atoms with Crippen LogP contribution >= 0.6 is 0 Å². The first-order valence-electron chi connectivity index (χ1n) is 8.21. The molecule has 2 aromatic heterocycles. The van der Waals surface area contributed by atoms with Crippen LogP contribution in [0.25, 0.3) is 11.2 Å². The predicted octanol–water partition coefficient (Wildman–Crippen LogP) is -1.13. The lowest BCUT2D eigenvalue weighted by Crippen LogP contribution is -2.33. The number of imidazole rings is 1. The molecule has 0 aromatic carbocycles.